The summed E-state index contributed by atoms with van der Waals surface area (Å²) >= 11 is 6.94. The van der Waals surface area contributed by atoms with Crippen molar-refractivity contribution in [3.8, 4) is 28.3 Å². The molecule has 10 rings (SSSR count). The molecule has 2 heterocycles. The number of fused-ring (bicyclic) bond motifs is 7. The van der Waals surface area contributed by atoms with Gasteiger partial charge in [-0.2, -0.15) is 0 Å². The minimum absolute atomic E-state index is 0.714. The topological polar surface area (TPSA) is 30.7 Å². The minimum Gasteiger partial charge on any atom is -0.309 e. The molecule has 0 aliphatic carbocycles. The van der Waals surface area contributed by atoms with Gasteiger partial charge in [-0.1, -0.05) is 127 Å². The molecule has 0 fully saturated rings. The molecule has 0 amide bonds. The van der Waals surface area contributed by atoms with E-state index in [9.17, 15) is 0 Å². The van der Waals surface area contributed by atoms with Crippen molar-refractivity contribution in [3.63, 3.8) is 0 Å². The first-order valence-corrected chi connectivity index (χ1v) is 16.5. The first-order valence-electron chi connectivity index (χ1n) is 16.1. The van der Waals surface area contributed by atoms with Crippen LogP contribution in [0.5, 0.6) is 0 Å². The maximum atomic E-state index is 6.94. The van der Waals surface area contributed by atoms with Gasteiger partial charge < -0.3 is 4.57 Å². The minimum atomic E-state index is 0.714. The maximum Gasteiger partial charge on any atom is 0.160 e. The second kappa shape index (κ2) is 10.5. The van der Waals surface area contributed by atoms with Gasteiger partial charge in [0.25, 0.3) is 0 Å². The summed E-state index contributed by atoms with van der Waals surface area (Å²) < 4.78 is 2.37. The zero-order chi connectivity index (χ0) is 31.8. The highest BCUT2D eigenvalue weighted by Gasteiger charge is 2.20. The Bertz CT molecular complexity index is 2920. The number of benzene rings is 8. The second-order valence-electron chi connectivity index (χ2n) is 12.3. The van der Waals surface area contributed by atoms with Crippen molar-refractivity contribution in [2.45, 2.75) is 0 Å². The molecule has 0 radical (unpaired) electrons. The molecule has 8 aromatic carbocycles. The number of hydrogen-bond acceptors (Lipinski definition) is 2. The molecule has 0 saturated carbocycles. The van der Waals surface area contributed by atoms with E-state index in [1.165, 1.54) is 21.5 Å². The fourth-order valence-electron chi connectivity index (χ4n) is 7.39. The molecule has 2 aromatic heterocycles. The van der Waals surface area contributed by atoms with Crippen molar-refractivity contribution in [1.29, 1.82) is 0 Å². The summed E-state index contributed by atoms with van der Waals surface area (Å²) in [7, 11) is 0. The fourth-order valence-corrected chi connectivity index (χ4v) is 7.66. The van der Waals surface area contributed by atoms with Gasteiger partial charge in [0.1, 0.15) is 0 Å². The number of rotatable bonds is 3. The predicted molar refractivity (Wildman–Crippen MR) is 202 cm³/mol. The highest BCUT2D eigenvalue weighted by Crippen LogP contribution is 2.42. The van der Waals surface area contributed by atoms with E-state index in [0.717, 1.165) is 71.0 Å². The van der Waals surface area contributed by atoms with E-state index in [2.05, 4.69) is 144 Å². The Kier molecular flexibility index (Phi) is 5.93. The lowest BCUT2D eigenvalue weighted by molar-refractivity contribution is 1.20. The van der Waals surface area contributed by atoms with Crippen LogP contribution in [0.3, 0.4) is 0 Å². The third-order valence-corrected chi connectivity index (χ3v) is 9.93. The molecule has 0 aliphatic heterocycles. The Labute approximate surface area is 281 Å². The number of para-hydroxylation sites is 1. The predicted octanol–water partition coefficient (Wildman–Crippen LogP) is 12.2. The fraction of sp³-hybridized carbons (Fsp3) is 0. The van der Waals surface area contributed by atoms with Gasteiger partial charge in [-0.05, 0) is 69.4 Å². The SMILES string of the molecule is Clc1cccc2c1c1cc3ccccc3cc1n2-c1ccc(-c2nc(-c3ccc4ccccc4c3)nc3ccccc23)c2ccccc12. The van der Waals surface area contributed by atoms with Crippen LogP contribution in [0.25, 0.3) is 93.4 Å². The van der Waals surface area contributed by atoms with Crippen molar-refractivity contribution in [3.05, 3.63) is 163 Å². The van der Waals surface area contributed by atoms with E-state index in [-0.39, 0.29) is 0 Å². The molecule has 0 bridgehead atoms. The summed E-state index contributed by atoms with van der Waals surface area (Å²) in [6.07, 6.45) is 0. The molecule has 10 aromatic rings. The van der Waals surface area contributed by atoms with Gasteiger partial charge in [0.05, 0.1) is 33.0 Å². The summed E-state index contributed by atoms with van der Waals surface area (Å²) in [6.45, 7) is 0. The largest absolute Gasteiger partial charge is 0.309 e. The lowest BCUT2D eigenvalue weighted by Gasteiger charge is -2.16. The summed E-state index contributed by atoms with van der Waals surface area (Å²) in [4.78, 5) is 10.4. The van der Waals surface area contributed by atoms with E-state index in [0.29, 0.717) is 5.82 Å². The van der Waals surface area contributed by atoms with Crippen LogP contribution in [0, 0.1) is 0 Å². The monoisotopic (exact) mass is 631 g/mol. The quantitative estimate of drug-likeness (QED) is 0.194. The number of aromatic nitrogens is 3. The Morgan fingerprint density at radius 3 is 1.98 bits per heavy atom. The van der Waals surface area contributed by atoms with Crippen molar-refractivity contribution in [1.82, 2.24) is 14.5 Å². The van der Waals surface area contributed by atoms with E-state index in [1.54, 1.807) is 0 Å². The van der Waals surface area contributed by atoms with Gasteiger partial charge in [0.15, 0.2) is 5.82 Å². The highest BCUT2D eigenvalue weighted by molar-refractivity contribution is 6.38. The molecule has 48 heavy (non-hydrogen) atoms. The van der Waals surface area contributed by atoms with Crippen LogP contribution in [0.2, 0.25) is 5.02 Å². The zero-order valence-electron chi connectivity index (χ0n) is 25.7. The van der Waals surface area contributed by atoms with E-state index in [4.69, 9.17) is 21.6 Å². The highest BCUT2D eigenvalue weighted by atomic mass is 35.5. The first-order chi connectivity index (χ1) is 23.7. The van der Waals surface area contributed by atoms with Crippen LogP contribution < -0.4 is 0 Å². The van der Waals surface area contributed by atoms with Crippen molar-refractivity contribution in [2.75, 3.05) is 0 Å². The third-order valence-electron chi connectivity index (χ3n) is 9.61. The number of hydrogen-bond donors (Lipinski definition) is 0. The van der Waals surface area contributed by atoms with Gasteiger partial charge in [-0.25, -0.2) is 9.97 Å². The third kappa shape index (κ3) is 4.08. The Balaban J connectivity index is 1.25. The molecule has 0 spiro atoms. The van der Waals surface area contributed by atoms with E-state index >= 15 is 0 Å². The van der Waals surface area contributed by atoms with E-state index in [1.807, 2.05) is 18.2 Å². The normalized spacial score (nSPS) is 11.9. The van der Waals surface area contributed by atoms with Crippen LogP contribution in [0.15, 0.2) is 158 Å². The summed E-state index contributed by atoms with van der Waals surface area (Å²) in [5.41, 5.74) is 7.21. The molecular weight excluding hydrogens is 606 g/mol. The van der Waals surface area contributed by atoms with Crippen LogP contribution in [-0.4, -0.2) is 14.5 Å². The maximum absolute atomic E-state index is 6.94. The molecule has 0 saturated heterocycles. The summed E-state index contributed by atoms with van der Waals surface area (Å²) in [5, 5.41) is 11.0. The Hall–Kier alpha value is -6.03. The van der Waals surface area contributed by atoms with Crippen LogP contribution in [-0.2, 0) is 0 Å². The molecular formula is C44H26ClN3. The van der Waals surface area contributed by atoms with Crippen LogP contribution in [0.4, 0.5) is 0 Å². The molecule has 224 valence electrons. The van der Waals surface area contributed by atoms with Crippen molar-refractivity contribution >= 4 is 76.6 Å². The molecule has 3 nitrogen and oxygen atoms in total. The molecule has 0 aliphatic rings. The molecule has 4 heteroatoms. The number of nitrogens with zero attached hydrogens (tertiary/aromatic N) is 3. The molecule has 0 N–H and O–H groups in total. The smallest absolute Gasteiger partial charge is 0.160 e. The molecule has 0 atom stereocenters. The van der Waals surface area contributed by atoms with E-state index < -0.39 is 0 Å². The molecule has 0 unspecified atom stereocenters. The first kappa shape index (κ1) is 27.1. The van der Waals surface area contributed by atoms with Gasteiger partial charge in [0, 0.05) is 32.7 Å². The Morgan fingerprint density at radius 2 is 1.15 bits per heavy atom. The van der Waals surface area contributed by atoms with Gasteiger partial charge >= 0.3 is 0 Å². The van der Waals surface area contributed by atoms with Gasteiger partial charge in [0.2, 0.25) is 0 Å². The zero-order valence-corrected chi connectivity index (χ0v) is 26.5. The van der Waals surface area contributed by atoms with Crippen molar-refractivity contribution in [2.24, 2.45) is 0 Å². The van der Waals surface area contributed by atoms with Crippen LogP contribution in [0.1, 0.15) is 0 Å². The van der Waals surface area contributed by atoms with Gasteiger partial charge in [-0.15, -0.1) is 0 Å². The standard InChI is InChI=1S/C44H26ClN3/c45-37-17-9-19-40-42(37)36-25-29-12-3-4-13-30(29)26-41(36)48(40)39-23-22-34(32-14-5-6-15-33(32)39)43-35-16-7-8-18-38(35)46-44(47-43)31-21-20-27-10-1-2-11-28(27)24-31/h1-26H. The average Bonchev–Trinajstić information content (AvgIpc) is 3.46. The average molecular weight is 632 g/mol. The summed E-state index contributed by atoms with van der Waals surface area (Å²) in [5.74, 6) is 0.714. The number of halogens is 1. The second-order valence-corrected chi connectivity index (χ2v) is 12.7. The lowest BCUT2D eigenvalue weighted by Crippen LogP contribution is -1.99. The van der Waals surface area contributed by atoms with Crippen LogP contribution >= 0.6 is 11.6 Å². The van der Waals surface area contributed by atoms with Crippen molar-refractivity contribution < 1.29 is 0 Å². The lowest BCUT2D eigenvalue weighted by atomic mass is 9.97. The summed E-state index contributed by atoms with van der Waals surface area (Å²) in [6, 6.07) is 55.5. The Morgan fingerprint density at radius 1 is 0.458 bits per heavy atom. The van der Waals surface area contributed by atoms with Gasteiger partial charge in [-0.3, -0.25) is 0 Å².